The molecule has 0 amide bonds. The van der Waals surface area contributed by atoms with E-state index in [2.05, 4.69) is 13.2 Å². The summed E-state index contributed by atoms with van der Waals surface area (Å²) in [7, 11) is 0. The van der Waals surface area contributed by atoms with Crippen molar-refractivity contribution in [3.05, 3.63) is 61.2 Å². The Morgan fingerprint density at radius 1 is 1.17 bits per heavy atom. The Morgan fingerprint density at radius 3 is 2.50 bits per heavy atom. The highest BCUT2D eigenvalue weighted by Crippen LogP contribution is 2.17. The molecular formula is C17H22O. The number of carbonyl (C=O) groups is 1. The lowest BCUT2D eigenvalue weighted by Gasteiger charge is -2.11. The van der Waals surface area contributed by atoms with Crippen molar-refractivity contribution in [1.29, 1.82) is 0 Å². The van der Waals surface area contributed by atoms with E-state index in [1.165, 1.54) is 0 Å². The molecule has 0 aliphatic rings. The second kappa shape index (κ2) is 8.46. The first-order valence-electron chi connectivity index (χ1n) is 6.59. The average Bonchev–Trinajstić information content (AvgIpc) is 2.43. The Bertz CT molecular complexity index is 378. The number of benzene rings is 1. The van der Waals surface area contributed by atoms with Crippen LogP contribution in [0.3, 0.4) is 0 Å². The van der Waals surface area contributed by atoms with Crippen molar-refractivity contribution >= 4 is 5.78 Å². The average molecular weight is 242 g/mol. The standard InChI is InChI=1S/C17H22O/c1-3-5-7-10-15(4-2)13-14-17(18)16-11-8-6-9-12-16/h3-4,6,8-9,11-12,15H,1-2,5,7,10,13-14H2. The molecule has 1 unspecified atom stereocenters. The molecule has 0 aromatic heterocycles. The van der Waals surface area contributed by atoms with E-state index in [9.17, 15) is 4.79 Å². The van der Waals surface area contributed by atoms with Gasteiger partial charge in [0.1, 0.15) is 0 Å². The number of rotatable bonds is 9. The third kappa shape index (κ3) is 5.13. The summed E-state index contributed by atoms with van der Waals surface area (Å²) in [6.45, 7) is 7.57. The molecule has 1 nitrogen and oxygen atoms in total. The fraction of sp³-hybridized carbons (Fsp3) is 0.353. The molecule has 0 spiro atoms. The van der Waals surface area contributed by atoms with Gasteiger partial charge in [-0.05, 0) is 31.6 Å². The molecular weight excluding hydrogens is 220 g/mol. The molecule has 96 valence electrons. The first-order valence-corrected chi connectivity index (χ1v) is 6.59. The van der Waals surface area contributed by atoms with Crippen molar-refractivity contribution < 1.29 is 4.79 Å². The van der Waals surface area contributed by atoms with Crippen LogP contribution in [0.25, 0.3) is 0 Å². The minimum atomic E-state index is 0.228. The maximum absolute atomic E-state index is 11.9. The summed E-state index contributed by atoms with van der Waals surface area (Å²) >= 11 is 0. The van der Waals surface area contributed by atoms with Gasteiger partial charge in [-0.25, -0.2) is 0 Å². The summed E-state index contributed by atoms with van der Waals surface area (Å²) in [5, 5.41) is 0. The second-order valence-corrected chi connectivity index (χ2v) is 4.54. The number of carbonyl (C=O) groups excluding carboxylic acids is 1. The van der Waals surface area contributed by atoms with Gasteiger partial charge in [-0.3, -0.25) is 4.79 Å². The van der Waals surface area contributed by atoms with Crippen molar-refractivity contribution in [3.63, 3.8) is 0 Å². The van der Waals surface area contributed by atoms with Crippen LogP contribution in [-0.4, -0.2) is 5.78 Å². The van der Waals surface area contributed by atoms with Crippen molar-refractivity contribution in [2.24, 2.45) is 5.92 Å². The first kappa shape index (κ1) is 14.4. The van der Waals surface area contributed by atoms with Gasteiger partial charge < -0.3 is 0 Å². The van der Waals surface area contributed by atoms with Crippen molar-refractivity contribution in [2.45, 2.75) is 32.1 Å². The number of hydrogen-bond donors (Lipinski definition) is 0. The molecule has 0 aliphatic heterocycles. The normalized spacial score (nSPS) is 11.8. The Balaban J connectivity index is 2.36. The zero-order valence-electron chi connectivity index (χ0n) is 11.0. The Kier molecular flexibility index (Phi) is 6.78. The minimum absolute atomic E-state index is 0.228. The molecule has 1 rings (SSSR count). The van der Waals surface area contributed by atoms with Crippen LogP contribution in [0.4, 0.5) is 0 Å². The van der Waals surface area contributed by atoms with Gasteiger partial charge in [-0.15, -0.1) is 13.2 Å². The summed E-state index contributed by atoms with van der Waals surface area (Å²) < 4.78 is 0. The van der Waals surface area contributed by atoms with Gasteiger partial charge in [0.25, 0.3) is 0 Å². The Labute approximate surface area is 110 Å². The van der Waals surface area contributed by atoms with Gasteiger partial charge in [0.05, 0.1) is 0 Å². The summed E-state index contributed by atoms with van der Waals surface area (Å²) in [5.74, 6) is 0.670. The Morgan fingerprint density at radius 2 is 1.89 bits per heavy atom. The maximum Gasteiger partial charge on any atom is 0.162 e. The fourth-order valence-corrected chi connectivity index (χ4v) is 1.99. The zero-order valence-corrected chi connectivity index (χ0v) is 11.0. The van der Waals surface area contributed by atoms with Crippen LogP contribution in [-0.2, 0) is 0 Å². The molecule has 0 aliphatic carbocycles. The topological polar surface area (TPSA) is 17.1 Å². The quantitative estimate of drug-likeness (QED) is 0.345. The molecule has 1 heteroatoms. The number of hydrogen-bond acceptors (Lipinski definition) is 1. The van der Waals surface area contributed by atoms with E-state index in [0.29, 0.717) is 12.3 Å². The molecule has 0 saturated carbocycles. The molecule has 0 radical (unpaired) electrons. The lowest BCUT2D eigenvalue weighted by molar-refractivity contribution is 0.0975. The summed E-state index contributed by atoms with van der Waals surface area (Å²) in [5.41, 5.74) is 0.811. The molecule has 0 bridgehead atoms. The summed E-state index contributed by atoms with van der Waals surface area (Å²) in [6.07, 6.45) is 8.67. The molecule has 1 aromatic carbocycles. The van der Waals surface area contributed by atoms with Crippen LogP contribution in [0.15, 0.2) is 55.6 Å². The van der Waals surface area contributed by atoms with Crippen LogP contribution in [0.2, 0.25) is 0 Å². The van der Waals surface area contributed by atoms with Gasteiger partial charge in [-0.1, -0.05) is 42.5 Å². The van der Waals surface area contributed by atoms with Gasteiger partial charge in [0, 0.05) is 12.0 Å². The van der Waals surface area contributed by atoms with E-state index < -0.39 is 0 Å². The van der Waals surface area contributed by atoms with E-state index in [-0.39, 0.29) is 5.78 Å². The van der Waals surface area contributed by atoms with Crippen LogP contribution < -0.4 is 0 Å². The number of allylic oxidation sites excluding steroid dienone is 2. The monoisotopic (exact) mass is 242 g/mol. The van der Waals surface area contributed by atoms with Crippen molar-refractivity contribution in [2.75, 3.05) is 0 Å². The number of Topliss-reactive ketones (excluding diaryl/α,β-unsaturated/α-hetero) is 1. The van der Waals surface area contributed by atoms with Crippen LogP contribution in [0.1, 0.15) is 42.5 Å². The van der Waals surface area contributed by atoms with E-state index in [1.54, 1.807) is 0 Å². The van der Waals surface area contributed by atoms with Crippen molar-refractivity contribution in [3.8, 4) is 0 Å². The van der Waals surface area contributed by atoms with E-state index in [1.807, 2.05) is 42.5 Å². The second-order valence-electron chi connectivity index (χ2n) is 4.54. The molecule has 1 atom stereocenters. The molecule has 0 N–H and O–H groups in total. The molecule has 1 aromatic rings. The summed E-state index contributed by atoms with van der Waals surface area (Å²) in [4.78, 5) is 11.9. The summed E-state index contributed by atoms with van der Waals surface area (Å²) in [6, 6.07) is 9.50. The van der Waals surface area contributed by atoms with E-state index in [4.69, 9.17) is 0 Å². The van der Waals surface area contributed by atoms with E-state index in [0.717, 1.165) is 31.2 Å². The zero-order chi connectivity index (χ0) is 13.2. The molecule has 0 fully saturated rings. The van der Waals surface area contributed by atoms with Gasteiger partial charge in [0.15, 0.2) is 5.78 Å². The first-order chi connectivity index (χ1) is 8.77. The highest BCUT2D eigenvalue weighted by atomic mass is 16.1. The van der Waals surface area contributed by atoms with Crippen LogP contribution in [0.5, 0.6) is 0 Å². The highest BCUT2D eigenvalue weighted by molar-refractivity contribution is 5.95. The third-order valence-electron chi connectivity index (χ3n) is 3.15. The smallest absolute Gasteiger partial charge is 0.162 e. The van der Waals surface area contributed by atoms with E-state index >= 15 is 0 Å². The number of unbranched alkanes of at least 4 members (excludes halogenated alkanes) is 1. The fourth-order valence-electron chi connectivity index (χ4n) is 1.99. The van der Waals surface area contributed by atoms with Crippen LogP contribution >= 0.6 is 0 Å². The predicted octanol–water partition coefficient (Wildman–Crippen LogP) is 4.81. The van der Waals surface area contributed by atoms with Crippen LogP contribution in [0, 0.1) is 5.92 Å². The SMILES string of the molecule is C=CCCCC(C=C)CCC(=O)c1ccccc1. The van der Waals surface area contributed by atoms with Gasteiger partial charge in [0.2, 0.25) is 0 Å². The minimum Gasteiger partial charge on any atom is -0.294 e. The van der Waals surface area contributed by atoms with Gasteiger partial charge >= 0.3 is 0 Å². The highest BCUT2D eigenvalue weighted by Gasteiger charge is 2.09. The maximum atomic E-state index is 11.9. The molecule has 0 saturated heterocycles. The largest absolute Gasteiger partial charge is 0.294 e. The lowest BCUT2D eigenvalue weighted by Crippen LogP contribution is -2.03. The lowest BCUT2D eigenvalue weighted by atomic mass is 9.94. The predicted molar refractivity (Wildman–Crippen MR) is 77.7 cm³/mol. The molecule has 0 heterocycles. The van der Waals surface area contributed by atoms with Gasteiger partial charge in [-0.2, -0.15) is 0 Å². The molecule has 18 heavy (non-hydrogen) atoms. The third-order valence-corrected chi connectivity index (χ3v) is 3.15. The number of ketones is 1. The van der Waals surface area contributed by atoms with Crippen molar-refractivity contribution in [1.82, 2.24) is 0 Å². The Hall–Kier alpha value is -1.63.